The summed E-state index contributed by atoms with van der Waals surface area (Å²) in [5, 5.41) is 8.81. The van der Waals surface area contributed by atoms with E-state index in [1.807, 2.05) is 11.8 Å². The molecule has 0 atom stereocenters. The fourth-order valence-corrected chi connectivity index (χ4v) is 1.54. The summed E-state index contributed by atoms with van der Waals surface area (Å²) < 4.78 is 10.5. The van der Waals surface area contributed by atoms with Gasteiger partial charge >= 0.3 is 0 Å². The lowest BCUT2D eigenvalue weighted by Gasteiger charge is -2.45. The fourth-order valence-electron chi connectivity index (χ4n) is 1.54. The molecule has 1 fully saturated rings. The highest BCUT2D eigenvalue weighted by molar-refractivity contribution is 5.34. The number of aliphatic hydroxyl groups excluding tert-OH is 1. The lowest BCUT2D eigenvalue weighted by atomic mass is 9.97. The molecule has 1 aromatic heterocycles. The zero-order chi connectivity index (χ0) is 10.2. The van der Waals surface area contributed by atoms with E-state index in [0.29, 0.717) is 11.7 Å². The zero-order valence-electron chi connectivity index (χ0n) is 8.36. The molecule has 1 aliphatic rings. The summed E-state index contributed by atoms with van der Waals surface area (Å²) in [6, 6.07) is 0.559. The summed E-state index contributed by atoms with van der Waals surface area (Å²) in [6.45, 7) is 3.50. The molecule has 5 heteroatoms. The Balaban J connectivity index is 1.99. The van der Waals surface area contributed by atoms with E-state index in [1.165, 1.54) is 6.26 Å². The molecule has 1 aliphatic heterocycles. The van der Waals surface area contributed by atoms with E-state index < -0.39 is 0 Å². The van der Waals surface area contributed by atoms with E-state index in [-0.39, 0.29) is 12.2 Å². The molecule has 14 heavy (non-hydrogen) atoms. The molecule has 1 N–H and O–H groups in total. The van der Waals surface area contributed by atoms with Crippen LogP contribution < -0.4 is 4.90 Å². The van der Waals surface area contributed by atoms with Gasteiger partial charge in [0.1, 0.15) is 17.6 Å². The Bertz CT molecular complexity index is 318. The van der Waals surface area contributed by atoms with Gasteiger partial charge in [-0.15, -0.1) is 0 Å². The van der Waals surface area contributed by atoms with E-state index in [4.69, 9.17) is 14.3 Å². The van der Waals surface area contributed by atoms with Crippen molar-refractivity contribution in [2.75, 3.05) is 25.1 Å². The lowest BCUT2D eigenvalue weighted by Crippen LogP contribution is -2.61. The Kier molecular flexibility index (Phi) is 2.20. The summed E-state index contributed by atoms with van der Waals surface area (Å²) in [7, 11) is 1.70. The quantitative estimate of drug-likeness (QED) is 0.761. The second-order valence-corrected chi connectivity index (χ2v) is 3.79. The van der Waals surface area contributed by atoms with Gasteiger partial charge in [0.2, 0.25) is 0 Å². The molecule has 0 unspecified atom stereocenters. The maximum absolute atomic E-state index is 8.81. The van der Waals surface area contributed by atoms with Crippen LogP contribution in [-0.2, 0) is 11.3 Å². The third kappa shape index (κ3) is 1.49. The minimum absolute atomic E-state index is 0.0844. The largest absolute Gasteiger partial charge is 0.432 e. The monoisotopic (exact) mass is 198 g/mol. The molecular formula is C9H14N2O3. The second-order valence-electron chi connectivity index (χ2n) is 3.79. The van der Waals surface area contributed by atoms with Gasteiger partial charge in [0.15, 0.2) is 0 Å². The summed E-state index contributed by atoms with van der Waals surface area (Å²) in [5.41, 5.74) is 0.472. The van der Waals surface area contributed by atoms with Crippen LogP contribution in [0.15, 0.2) is 10.7 Å². The zero-order valence-corrected chi connectivity index (χ0v) is 8.36. The van der Waals surface area contributed by atoms with Gasteiger partial charge in [0, 0.05) is 7.11 Å². The molecule has 0 saturated carbocycles. The summed E-state index contributed by atoms with van der Waals surface area (Å²) >= 11 is 0. The van der Waals surface area contributed by atoms with Crippen molar-refractivity contribution >= 4 is 6.01 Å². The summed E-state index contributed by atoms with van der Waals surface area (Å²) in [5.74, 6) is 0. The Morgan fingerprint density at radius 1 is 1.71 bits per heavy atom. The molecule has 0 bridgehead atoms. The number of methoxy groups -OCH3 is 1. The minimum atomic E-state index is -0.0894. The third-order valence-electron chi connectivity index (χ3n) is 2.52. The first kappa shape index (κ1) is 9.48. The first-order valence-electron chi connectivity index (χ1n) is 4.52. The molecule has 5 nitrogen and oxygen atoms in total. The van der Waals surface area contributed by atoms with Gasteiger partial charge in [-0.2, -0.15) is 4.98 Å². The van der Waals surface area contributed by atoms with E-state index in [2.05, 4.69) is 4.98 Å². The maximum atomic E-state index is 8.81. The Morgan fingerprint density at radius 2 is 2.43 bits per heavy atom. The van der Waals surface area contributed by atoms with Gasteiger partial charge in [-0.25, -0.2) is 0 Å². The molecular weight excluding hydrogens is 184 g/mol. The van der Waals surface area contributed by atoms with Crippen LogP contribution >= 0.6 is 0 Å². The number of aliphatic hydroxyl groups is 1. The SMILES string of the molecule is COC1(C)CN(c2nc(CO)co2)C1. The normalized spacial score (nSPS) is 19.5. The smallest absolute Gasteiger partial charge is 0.297 e. The number of anilines is 1. The van der Waals surface area contributed by atoms with Crippen molar-refractivity contribution in [2.24, 2.45) is 0 Å². The van der Waals surface area contributed by atoms with Crippen molar-refractivity contribution in [3.05, 3.63) is 12.0 Å². The Morgan fingerprint density at radius 3 is 2.93 bits per heavy atom. The predicted molar refractivity (Wildman–Crippen MR) is 50.1 cm³/mol. The topological polar surface area (TPSA) is 58.7 Å². The molecule has 0 aromatic carbocycles. The summed E-state index contributed by atoms with van der Waals surface area (Å²) in [4.78, 5) is 6.08. The van der Waals surface area contributed by atoms with Crippen LogP contribution in [0.2, 0.25) is 0 Å². The van der Waals surface area contributed by atoms with Crippen molar-refractivity contribution in [2.45, 2.75) is 19.1 Å². The van der Waals surface area contributed by atoms with Gasteiger partial charge in [-0.3, -0.25) is 0 Å². The van der Waals surface area contributed by atoms with Crippen molar-refractivity contribution in [3.8, 4) is 0 Å². The number of ether oxygens (including phenoxy) is 1. The maximum Gasteiger partial charge on any atom is 0.297 e. The third-order valence-corrected chi connectivity index (χ3v) is 2.52. The van der Waals surface area contributed by atoms with E-state index in [1.54, 1.807) is 7.11 Å². The standard InChI is InChI=1S/C9H14N2O3/c1-9(13-2)5-11(6-9)8-10-7(3-12)4-14-8/h4,12H,3,5-6H2,1-2H3. The molecule has 2 heterocycles. The molecule has 0 aliphatic carbocycles. The number of aromatic nitrogens is 1. The van der Waals surface area contributed by atoms with Crippen LogP contribution in [0.4, 0.5) is 6.01 Å². The van der Waals surface area contributed by atoms with Gasteiger partial charge in [0.05, 0.1) is 19.7 Å². The fraction of sp³-hybridized carbons (Fsp3) is 0.667. The first-order valence-corrected chi connectivity index (χ1v) is 4.52. The van der Waals surface area contributed by atoms with Gasteiger partial charge in [-0.05, 0) is 6.92 Å². The predicted octanol–water partition coefficient (Wildman–Crippen LogP) is 0.392. The summed E-state index contributed by atoms with van der Waals surface area (Å²) in [6.07, 6.45) is 1.47. The van der Waals surface area contributed by atoms with Crippen molar-refractivity contribution in [3.63, 3.8) is 0 Å². The van der Waals surface area contributed by atoms with Gasteiger partial charge < -0.3 is 19.2 Å². The number of nitrogens with zero attached hydrogens (tertiary/aromatic N) is 2. The van der Waals surface area contributed by atoms with Crippen LogP contribution in [0.5, 0.6) is 0 Å². The highest BCUT2D eigenvalue weighted by Crippen LogP contribution is 2.28. The molecule has 0 radical (unpaired) electrons. The van der Waals surface area contributed by atoms with Crippen LogP contribution in [0.3, 0.4) is 0 Å². The molecule has 78 valence electrons. The molecule has 1 saturated heterocycles. The molecule has 0 spiro atoms. The van der Waals surface area contributed by atoms with Crippen molar-refractivity contribution in [1.82, 2.24) is 4.98 Å². The van der Waals surface area contributed by atoms with Crippen molar-refractivity contribution in [1.29, 1.82) is 0 Å². The highest BCUT2D eigenvalue weighted by atomic mass is 16.5. The number of hydrogen-bond acceptors (Lipinski definition) is 5. The molecule has 1 aromatic rings. The van der Waals surface area contributed by atoms with E-state index in [0.717, 1.165) is 13.1 Å². The van der Waals surface area contributed by atoms with Crippen LogP contribution in [0.1, 0.15) is 12.6 Å². The average molecular weight is 198 g/mol. The molecule has 2 rings (SSSR count). The van der Waals surface area contributed by atoms with Crippen LogP contribution in [-0.4, -0.2) is 35.9 Å². The second kappa shape index (κ2) is 3.25. The number of oxazole rings is 1. The van der Waals surface area contributed by atoms with Crippen LogP contribution in [0.25, 0.3) is 0 Å². The van der Waals surface area contributed by atoms with Gasteiger partial charge in [-0.1, -0.05) is 0 Å². The van der Waals surface area contributed by atoms with Crippen molar-refractivity contribution < 1.29 is 14.3 Å². The average Bonchev–Trinajstić information content (AvgIpc) is 2.61. The Hall–Kier alpha value is -1.07. The first-order chi connectivity index (χ1) is 6.67. The lowest BCUT2D eigenvalue weighted by molar-refractivity contribution is -0.0190. The van der Waals surface area contributed by atoms with E-state index >= 15 is 0 Å². The van der Waals surface area contributed by atoms with E-state index in [9.17, 15) is 0 Å². The van der Waals surface area contributed by atoms with Gasteiger partial charge in [0.25, 0.3) is 6.01 Å². The Labute approximate surface area is 82.3 Å². The number of hydrogen-bond donors (Lipinski definition) is 1. The number of rotatable bonds is 3. The van der Waals surface area contributed by atoms with Crippen LogP contribution in [0, 0.1) is 0 Å². The minimum Gasteiger partial charge on any atom is -0.432 e. The highest BCUT2D eigenvalue weighted by Gasteiger charge is 2.40. The molecule has 0 amide bonds.